The summed E-state index contributed by atoms with van der Waals surface area (Å²) in [5.41, 5.74) is 1.24. The van der Waals surface area contributed by atoms with Crippen molar-refractivity contribution in [3.63, 3.8) is 0 Å². The molecular weight excluding hydrogens is 688 g/mol. The van der Waals surface area contributed by atoms with E-state index in [2.05, 4.69) is 22.5 Å². The first-order valence-corrected chi connectivity index (χ1v) is 20.1. The lowest BCUT2D eigenvalue weighted by Gasteiger charge is -2.51. The zero-order chi connectivity index (χ0) is 38.0. The molecule has 1 aliphatic carbocycles. The molecule has 4 heterocycles. The Balaban J connectivity index is 0.911. The van der Waals surface area contributed by atoms with Crippen molar-refractivity contribution in [2.75, 3.05) is 38.0 Å². The summed E-state index contributed by atoms with van der Waals surface area (Å²) >= 11 is 0. The molecule has 292 valence electrons. The number of imide groups is 1. The lowest BCUT2D eigenvalue weighted by atomic mass is 9.63. The minimum atomic E-state index is -1.04. The molecule has 4 aliphatic heterocycles. The van der Waals surface area contributed by atoms with Gasteiger partial charge in [0.15, 0.2) is 6.29 Å². The molecular formula is C42H56N4O8. The van der Waals surface area contributed by atoms with Crippen LogP contribution in [0.4, 0.5) is 5.69 Å². The summed E-state index contributed by atoms with van der Waals surface area (Å²) in [5.74, 6) is -0.257. The molecule has 12 heteroatoms. The standard InChI is InChI=1S/C42H56N4O8/c1-4-42(21-19-35(47)44-40(42)50)29-14-16-30(17-15-29)43-37(48)32-10-5-6-11-33(32)38(49)46-25-23-45(24-26-46)22-8-13-34-27(2)31-12-7-9-28-18-20-41(3,54-51)53-39(52-34)36(28)31/h5-6,10-11,14-17,27-28,31,34,36,39,51H,4,7-9,12-13,18-26H2,1-3H3,(H,43,48)(H,44,47,50). The van der Waals surface area contributed by atoms with Crippen LogP contribution in [0.15, 0.2) is 48.5 Å². The van der Waals surface area contributed by atoms with E-state index in [-0.39, 0.29) is 42.4 Å². The highest BCUT2D eigenvalue weighted by molar-refractivity contribution is 6.12. The highest BCUT2D eigenvalue weighted by atomic mass is 17.1. The molecule has 12 nitrogen and oxygen atoms in total. The van der Waals surface area contributed by atoms with Gasteiger partial charge in [-0.05, 0) is 106 Å². The molecule has 5 fully saturated rings. The zero-order valence-corrected chi connectivity index (χ0v) is 31.9. The van der Waals surface area contributed by atoms with Crippen LogP contribution in [0.5, 0.6) is 0 Å². The molecule has 7 rings (SSSR count). The van der Waals surface area contributed by atoms with Crippen LogP contribution in [0.3, 0.4) is 0 Å². The SMILES string of the molecule is CCC1(c2ccc(NC(=O)c3ccccc3C(=O)N3CCN(CCCC4OC5OC(C)(OO)CCC6CCCC(C4C)C65)CC3)cc2)CCC(=O)NC1=O. The van der Waals surface area contributed by atoms with E-state index in [9.17, 15) is 24.4 Å². The van der Waals surface area contributed by atoms with Crippen LogP contribution in [0, 0.1) is 23.7 Å². The summed E-state index contributed by atoms with van der Waals surface area (Å²) < 4.78 is 13.0. The van der Waals surface area contributed by atoms with Crippen LogP contribution >= 0.6 is 0 Å². The second-order valence-electron chi connectivity index (χ2n) is 16.4. The lowest BCUT2D eigenvalue weighted by molar-refractivity contribution is -0.435. The van der Waals surface area contributed by atoms with Crippen molar-refractivity contribution in [1.82, 2.24) is 15.1 Å². The predicted molar refractivity (Wildman–Crippen MR) is 201 cm³/mol. The van der Waals surface area contributed by atoms with E-state index in [1.165, 1.54) is 19.3 Å². The summed E-state index contributed by atoms with van der Waals surface area (Å²) in [7, 11) is 0. The molecule has 4 amide bonds. The fourth-order valence-corrected chi connectivity index (χ4v) is 10.0. The van der Waals surface area contributed by atoms with Gasteiger partial charge in [0.2, 0.25) is 17.6 Å². The van der Waals surface area contributed by atoms with Crippen LogP contribution < -0.4 is 10.6 Å². The maximum absolute atomic E-state index is 13.8. The van der Waals surface area contributed by atoms with Crippen molar-refractivity contribution in [2.45, 2.75) is 109 Å². The van der Waals surface area contributed by atoms with E-state index < -0.39 is 11.2 Å². The quantitative estimate of drug-likeness (QED) is 0.152. The molecule has 8 atom stereocenters. The van der Waals surface area contributed by atoms with E-state index >= 15 is 0 Å². The minimum Gasteiger partial charge on any atom is -0.349 e. The summed E-state index contributed by atoms with van der Waals surface area (Å²) in [6.07, 6.45) is 8.14. The number of nitrogens with zero attached hydrogens (tertiary/aromatic N) is 2. The second-order valence-corrected chi connectivity index (χ2v) is 16.4. The molecule has 8 unspecified atom stereocenters. The molecule has 2 aromatic rings. The van der Waals surface area contributed by atoms with Crippen LogP contribution in [0.25, 0.3) is 0 Å². The third-order valence-corrected chi connectivity index (χ3v) is 13.4. The molecule has 54 heavy (non-hydrogen) atoms. The highest BCUT2D eigenvalue weighted by Gasteiger charge is 2.53. The number of carbonyl (C=O) groups is 4. The summed E-state index contributed by atoms with van der Waals surface area (Å²) in [5, 5.41) is 15.0. The number of amides is 4. The third-order valence-electron chi connectivity index (χ3n) is 13.4. The molecule has 2 aromatic carbocycles. The van der Waals surface area contributed by atoms with Crippen molar-refractivity contribution in [1.29, 1.82) is 0 Å². The predicted octanol–water partition coefficient (Wildman–Crippen LogP) is 5.97. The Morgan fingerprint density at radius 2 is 1.74 bits per heavy atom. The smallest absolute Gasteiger partial charge is 0.256 e. The number of nitrogens with one attached hydrogen (secondary N) is 2. The Morgan fingerprint density at radius 3 is 2.44 bits per heavy atom. The summed E-state index contributed by atoms with van der Waals surface area (Å²) in [6.45, 7) is 9.65. The first-order chi connectivity index (χ1) is 26.0. The van der Waals surface area contributed by atoms with Gasteiger partial charge in [0.05, 0.1) is 22.6 Å². The van der Waals surface area contributed by atoms with Gasteiger partial charge in [0.25, 0.3) is 11.8 Å². The lowest BCUT2D eigenvalue weighted by Crippen LogP contribution is -2.53. The zero-order valence-electron chi connectivity index (χ0n) is 31.9. The number of ether oxygens (including phenoxy) is 2. The second kappa shape index (κ2) is 16.2. The molecule has 3 N–H and O–H groups in total. The molecule has 4 saturated heterocycles. The highest BCUT2D eigenvalue weighted by Crippen LogP contribution is 2.52. The maximum Gasteiger partial charge on any atom is 0.256 e. The van der Waals surface area contributed by atoms with Crippen molar-refractivity contribution < 1.29 is 38.8 Å². The van der Waals surface area contributed by atoms with Crippen molar-refractivity contribution >= 4 is 29.3 Å². The number of hydrogen-bond acceptors (Lipinski definition) is 9. The average molecular weight is 745 g/mol. The number of rotatable bonds is 10. The van der Waals surface area contributed by atoms with Gasteiger partial charge in [-0.25, -0.2) is 10.1 Å². The first kappa shape index (κ1) is 38.6. The molecule has 0 spiro atoms. The first-order valence-electron chi connectivity index (χ1n) is 20.1. The van der Waals surface area contributed by atoms with E-state index in [0.29, 0.717) is 72.8 Å². The number of piperazine rings is 1. The molecule has 1 saturated carbocycles. The van der Waals surface area contributed by atoms with Gasteiger partial charge in [-0.1, -0.05) is 44.5 Å². The van der Waals surface area contributed by atoms with E-state index in [1.807, 2.05) is 30.9 Å². The summed E-state index contributed by atoms with van der Waals surface area (Å²) in [4.78, 5) is 61.0. The largest absolute Gasteiger partial charge is 0.349 e. The Bertz CT molecular complexity index is 1700. The maximum atomic E-state index is 13.8. The number of benzene rings is 2. The Morgan fingerprint density at radius 1 is 1.00 bits per heavy atom. The molecule has 0 radical (unpaired) electrons. The number of anilines is 1. The molecule has 0 bridgehead atoms. The number of hydrogen-bond donors (Lipinski definition) is 3. The third kappa shape index (κ3) is 7.73. The normalized spacial score (nSPS) is 33.0. The topological polar surface area (TPSA) is 147 Å². The number of piperidine rings is 1. The van der Waals surface area contributed by atoms with E-state index in [1.54, 1.807) is 36.4 Å². The molecule has 0 aromatic heterocycles. The van der Waals surface area contributed by atoms with Gasteiger partial charge in [-0.15, -0.1) is 0 Å². The van der Waals surface area contributed by atoms with Crippen LogP contribution in [-0.2, 0) is 29.4 Å². The van der Waals surface area contributed by atoms with Gasteiger partial charge >= 0.3 is 0 Å². The Hall–Kier alpha value is -3.68. The van der Waals surface area contributed by atoms with E-state index in [4.69, 9.17) is 14.4 Å². The van der Waals surface area contributed by atoms with Gasteiger partial charge < -0.3 is 19.7 Å². The van der Waals surface area contributed by atoms with Gasteiger partial charge in [0, 0.05) is 50.6 Å². The van der Waals surface area contributed by atoms with Crippen molar-refractivity contribution in [2.24, 2.45) is 23.7 Å². The molecule has 5 aliphatic rings. The summed E-state index contributed by atoms with van der Waals surface area (Å²) in [6, 6.07) is 14.1. The van der Waals surface area contributed by atoms with Crippen LogP contribution in [-0.4, -0.2) is 89.6 Å². The Labute approximate surface area is 318 Å². The van der Waals surface area contributed by atoms with Gasteiger partial charge in [0.1, 0.15) is 0 Å². The van der Waals surface area contributed by atoms with Crippen LogP contribution in [0.1, 0.15) is 111 Å². The van der Waals surface area contributed by atoms with Gasteiger partial charge in [-0.2, -0.15) is 0 Å². The monoisotopic (exact) mass is 744 g/mol. The minimum absolute atomic E-state index is 0.0813. The van der Waals surface area contributed by atoms with Crippen molar-refractivity contribution in [3.05, 3.63) is 65.2 Å². The van der Waals surface area contributed by atoms with E-state index in [0.717, 1.165) is 44.5 Å². The fraction of sp³-hybridized carbons (Fsp3) is 0.619. The van der Waals surface area contributed by atoms with Crippen LogP contribution in [0.2, 0.25) is 0 Å². The number of carbonyl (C=O) groups excluding carboxylic acids is 4. The van der Waals surface area contributed by atoms with Crippen molar-refractivity contribution in [3.8, 4) is 0 Å². The van der Waals surface area contributed by atoms with Gasteiger partial charge in [-0.3, -0.25) is 29.4 Å². The fourth-order valence-electron chi connectivity index (χ4n) is 10.0. The Kier molecular flexibility index (Phi) is 11.6. The average Bonchev–Trinajstić information content (AvgIpc) is 3.34.